The monoisotopic (exact) mass is 336 g/mol. The summed E-state index contributed by atoms with van der Waals surface area (Å²) in [5.41, 5.74) is 1.29. The molecule has 0 aliphatic rings. The van der Waals surface area contributed by atoms with Crippen molar-refractivity contribution in [3.05, 3.63) is 57.2 Å². The lowest BCUT2D eigenvalue weighted by molar-refractivity contribution is 0.234. The van der Waals surface area contributed by atoms with E-state index >= 15 is 0 Å². The van der Waals surface area contributed by atoms with Gasteiger partial charge in [-0.2, -0.15) is 0 Å². The van der Waals surface area contributed by atoms with E-state index in [2.05, 4.69) is 22.8 Å². The van der Waals surface area contributed by atoms with Gasteiger partial charge in [0.05, 0.1) is 10.4 Å². The van der Waals surface area contributed by atoms with E-state index in [1.54, 1.807) is 0 Å². The van der Waals surface area contributed by atoms with E-state index in [0.29, 0.717) is 0 Å². The summed E-state index contributed by atoms with van der Waals surface area (Å²) in [5, 5.41) is 5.92. The van der Waals surface area contributed by atoms with Crippen LogP contribution < -0.4 is 10.6 Å². The van der Waals surface area contributed by atoms with Crippen LogP contribution in [0.2, 0.25) is 4.34 Å². The second-order valence-corrected chi connectivity index (χ2v) is 7.15. The zero-order valence-electron chi connectivity index (χ0n) is 12.8. The summed E-state index contributed by atoms with van der Waals surface area (Å²) in [7, 11) is 0. The molecule has 1 aromatic carbocycles. The third-order valence-electron chi connectivity index (χ3n) is 3.45. The van der Waals surface area contributed by atoms with Gasteiger partial charge in [0.2, 0.25) is 0 Å². The maximum Gasteiger partial charge on any atom is 0.315 e. The van der Waals surface area contributed by atoms with Gasteiger partial charge in [-0.05, 0) is 44.4 Å². The summed E-state index contributed by atoms with van der Waals surface area (Å²) in [4.78, 5) is 13.1. The largest absolute Gasteiger partial charge is 0.336 e. The van der Waals surface area contributed by atoms with Gasteiger partial charge in [0, 0.05) is 10.9 Å². The highest BCUT2D eigenvalue weighted by Crippen LogP contribution is 2.26. The zero-order valence-corrected chi connectivity index (χ0v) is 14.4. The molecule has 0 aliphatic heterocycles. The van der Waals surface area contributed by atoms with Crippen LogP contribution in [0.25, 0.3) is 0 Å². The van der Waals surface area contributed by atoms with Gasteiger partial charge in [0.15, 0.2) is 0 Å². The predicted molar refractivity (Wildman–Crippen MR) is 93.6 cm³/mol. The van der Waals surface area contributed by atoms with Crippen molar-refractivity contribution in [1.29, 1.82) is 0 Å². The Balaban J connectivity index is 1.74. The van der Waals surface area contributed by atoms with Gasteiger partial charge in [-0.15, -0.1) is 11.3 Å². The number of nitrogens with one attached hydrogen (secondary N) is 2. The minimum atomic E-state index is -0.141. The molecule has 2 unspecified atom stereocenters. The highest BCUT2D eigenvalue weighted by atomic mass is 35.5. The van der Waals surface area contributed by atoms with Crippen molar-refractivity contribution >= 4 is 29.0 Å². The average Bonchev–Trinajstić information content (AvgIpc) is 2.93. The summed E-state index contributed by atoms with van der Waals surface area (Å²) >= 11 is 7.40. The van der Waals surface area contributed by atoms with E-state index in [9.17, 15) is 4.79 Å². The van der Waals surface area contributed by atoms with Gasteiger partial charge < -0.3 is 10.6 Å². The molecule has 22 heavy (non-hydrogen) atoms. The fourth-order valence-electron chi connectivity index (χ4n) is 2.19. The van der Waals surface area contributed by atoms with Gasteiger partial charge in [-0.3, -0.25) is 0 Å². The predicted octanol–water partition coefficient (Wildman–Crippen LogP) is 4.78. The van der Waals surface area contributed by atoms with Gasteiger partial charge in [-0.25, -0.2) is 4.79 Å². The maximum atomic E-state index is 12.0. The number of urea groups is 1. The summed E-state index contributed by atoms with van der Waals surface area (Å²) in [5.74, 6) is 0. The van der Waals surface area contributed by atoms with E-state index < -0.39 is 0 Å². The molecular weight excluding hydrogens is 316 g/mol. The van der Waals surface area contributed by atoms with Crippen LogP contribution >= 0.6 is 22.9 Å². The first-order valence-electron chi connectivity index (χ1n) is 7.41. The first-order chi connectivity index (χ1) is 10.5. The molecule has 0 saturated heterocycles. The maximum absolute atomic E-state index is 12.0. The number of rotatable bonds is 6. The van der Waals surface area contributed by atoms with Crippen LogP contribution in [0, 0.1) is 0 Å². The number of amides is 2. The molecule has 0 saturated carbocycles. The molecule has 0 fully saturated rings. The number of benzene rings is 1. The summed E-state index contributed by atoms with van der Waals surface area (Å²) in [6.45, 7) is 3.98. The Labute approximate surface area is 140 Å². The molecule has 0 spiro atoms. The Kier molecular flexibility index (Phi) is 6.28. The Bertz CT molecular complexity index is 600. The molecule has 1 aromatic heterocycles. The number of carbonyl (C=O) groups is 1. The van der Waals surface area contributed by atoms with Crippen LogP contribution in [0.15, 0.2) is 42.5 Å². The second kappa shape index (κ2) is 8.20. The van der Waals surface area contributed by atoms with Crippen molar-refractivity contribution in [2.75, 3.05) is 0 Å². The van der Waals surface area contributed by atoms with Crippen molar-refractivity contribution in [3.8, 4) is 0 Å². The lowest BCUT2D eigenvalue weighted by Crippen LogP contribution is -2.41. The van der Waals surface area contributed by atoms with Gasteiger partial charge >= 0.3 is 6.03 Å². The SMILES string of the molecule is CC(CCc1ccccc1)NC(=O)NC(C)c1ccc(Cl)s1. The first-order valence-corrected chi connectivity index (χ1v) is 8.60. The quantitative estimate of drug-likeness (QED) is 0.782. The summed E-state index contributed by atoms with van der Waals surface area (Å²) in [6.07, 6.45) is 1.87. The standard InChI is InChI=1S/C17H21ClN2OS/c1-12(8-9-14-6-4-3-5-7-14)19-17(21)20-13(2)15-10-11-16(18)22-15/h3-7,10-13H,8-9H2,1-2H3,(H2,19,20,21). The minimum absolute atomic E-state index is 0.0428. The van der Waals surface area contributed by atoms with E-state index in [1.165, 1.54) is 16.9 Å². The Morgan fingerprint density at radius 3 is 2.50 bits per heavy atom. The molecule has 2 rings (SSSR count). The van der Waals surface area contributed by atoms with Crippen LogP contribution in [0.5, 0.6) is 0 Å². The number of hydrogen-bond donors (Lipinski definition) is 2. The van der Waals surface area contributed by atoms with Crippen molar-refractivity contribution in [1.82, 2.24) is 10.6 Å². The topological polar surface area (TPSA) is 41.1 Å². The van der Waals surface area contributed by atoms with Crippen LogP contribution in [0.3, 0.4) is 0 Å². The Morgan fingerprint density at radius 2 is 1.86 bits per heavy atom. The van der Waals surface area contributed by atoms with Crippen molar-refractivity contribution in [3.63, 3.8) is 0 Å². The van der Waals surface area contributed by atoms with Gasteiger partial charge in [-0.1, -0.05) is 41.9 Å². The number of carbonyl (C=O) groups excluding carboxylic acids is 1. The van der Waals surface area contributed by atoms with Crippen molar-refractivity contribution in [2.45, 2.75) is 38.8 Å². The molecule has 0 radical (unpaired) electrons. The fraction of sp³-hybridized carbons (Fsp3) is 0.353. The molecule has 118 valence electrons. The van der Waals surface area contributed by atoms with Crippen LogP contribution in [0.1, 0.15) is 36.8 Å². The smallest absolute Gasteiger partial charge is 0.315 e. The number of thiophene rings is 1. The summed E-state index contributed by atoms with van der Waals surface area (Å²) < 4.78 is 0.736. The lowest BCUT2D eigenvalue weighted by atomic mass is 10.1. The minimum Gasteiger partial charge on any atom is -0.336 e. The number of halogens is 1. The third kappa shape index (κ3) is 5.35. The third-order valence-corrected chi connectivity index (χ3v) is 4.87. The molecule has 5 heteroatoms. The molecule has 0 aliphatic carbocycles. The van der Waals surface area contributed by atoms with Crippen LogP contribution in [0.4, 0.5) is 4.79 Å². The first kappa shape index (κ1) is 16.8. The number of hydrogen-bond acceptors (Lipinski definition) is 2. The molecule has 0 bridgehead atoms. The van der Waals surface area contributed by atoms with Crippen LogP contribution in [-0.2, 0) is 6.42 Å². The van der Waals surface area contributed by atoms with Gasteiger partial charge in [0.25, 0.3) is 0 Å². The van der Waals surface area contributed by atoms with Crippen LogP contribution in [-0.4, -0.2) is 12.1 Å². The Hall–Kier alpha value is -1.52. The van der Waals surface area contributed by atoms with Crippen molar-refractivity contribution in [2.24, 2.45) is 0 Å². The van der Waals surface area contributed by atoms with E-state index in [1.807, 2.05) is 44.2 Å². The average molecular weight is 337 g/mol. The zero-order chi connectivity index (χ0) is 15.9. The van der Waals surface area contributed by atoms with Crippen molar-refractivity contribution < 1.29 is 4.79 Å². The molecular formula is C17H21ClN2OS. The highest BCUT2D eigenvalue weighted by molar-refractivity contribution is 7.16. The van der Waals surface area contributed by atoms with E-state index in [4.69, 9.17) is 11.6 Å². The molecule has 3 nitrogen and oxygen atoms in total. The molecule has 1 heterocycles. The fourth-order valence-corrected chi connectivity index (χ4v) is 3.26. The second-order valence-electron chi connectivity index (χ2n) is 5.41. The number of aryl methyl sites for hydroxylation is 1. The molecule has 2 amide bonds. The molecule has 2 atom stereocenters. The van der Waals surface area contributed by atoms with E-state index in [0.717, 1.165) is 22.1 Å². The highest BCUT2D eigenvalue weighted by Gasteiger charge is 2.13. The van der Waals surface area contributed by atoms with Gasteiger partial charge in [0.1, 0.15) is 0 Å². The van der Waals surface area contributed by atoms with E-state index in [-0.39, 0.29) is 18.1 Å². The summed E-state index contributed by atoms with van der Waals surface area (Å²) in [6, 6.07) is 14.0. The molecule has 2 aromatic rings. The lowest BCUT2D eigenvalue weighted by Gasteiger charge is -2.17. The molecule has 2 N–H and O–H groups in total. The Morgan fingerprint density at radius 1 is 1.14 bits per heavy atom. The normalized spacial score (nSPS) is 13.4.